The molecule has 64 heavy (non-hydrogen) atoms. The summed E-state index contributed by atoms with van der Waals surface area (Å²) in [5.74, 6) is 0.00656. The quantitative estimate of drug-likeness (QED) is 0.0344. The van der Waals surface area contributed by atoms with Crippen molar-refractivity contribution < 1.29 is 28.6 Å². The van der Waals surface area contributed by atoms with Crippen LogP contribution in [0.1, 0.15) is 329 Å². The zero-order valence-corrected chi connectivity index (χ0v) is 43.8. The average molecular weight is 906 g/mol. The smallest absolute Gasteiger partial charge is 0.306 e. The van der Waals surface area contributed by atoms with Crippen molar-refractivity contribution in [3.63, 3.8) is 0 Å². The molecule has 6 nitrogen and oxygen atoms in total. The van der Waals surface area contributed by atoms with Crippen LogP contribution in [-0.4, -0.2) is 37.2 Å². The maximum atomic E-state index is 12.8. The van der Waals surface area contributed by atoms with Crippen LogP contribution in [0.15, 0.2) is 0 Å². The van der Waals surface area contributed by atoms with Crippen LogP contribution in [0.2, 0.25) is 0 Å². The van der Waals surface area contributed by atoms with E-state index in [4.69, 9.17) is 14.2 Å². The van der Waals surface area contributed by atoms with Gasteiger partial charge in [-0.05, 0) is 25.2 Å². The Morgan fingerprint density at radius 2 is 0.547 bits per heavy atom. The lowest BCUT2D eigenvalue weighted by atomic mass is 9.99. The highest BCUT2D eigenvalue weighted by molar-refractivity contribution is 5.71. The average Bonchev–Trinajstić information content (AvgIpc) is 3.29. The van der Waals surface area contributed by atoms with E-state index in [1.165, 1.54) is 225 Å². The van der Waals surface area contributed by atoms with Gasteiger partial charge in [0.2, 0.25) is 0 Å². The highest BCUT2D eigenvalue weighted by atomic mass is 16.6. The van der Waals surface area contributed by atoms with Crippen LogP contribution in [0.4, 0.5) is 0 Å². The lowest BCUT2D eigenvalue weighted by Crippen LogP contribution is -2.30. The van der Waals surface area contributed by atoms with E-state index >= 15 is 0 Å². The van der Waals surface area contributed by atoms with Crippen LogP contribution < -0.4 is 0 Å². The summed E-state index contributed by atoms with van der Waals surface area (Å²) in [4.78, 5) is 38.1. The van der Waals surface area contributed by atoms with Gasteiger partial charge in [0.25, 0.3) is 0 Å². The van der Waals surface area contributed by atoms with Crippen molar-refractivity contribution in [3.05, 3.63) is 0 Å². The maximum Gasteiger partial charge on any atom is 0.306 e. The number of rotatable bonds is 53. The van der Waals surface area contributed by atoms with E-state index in [1.54, 1.807) is 0 Å². The molecule has 0 heterocycles. The third kappa shape index (κ3) is 49.8. The number of hydrogen-bond donors (Lipinski definition) is 0. The molecule has 1 unspecified atom stereocenters. The van der Waals surface area contributed by atoms with Crippen LogP contribution in [0.25, 0.3) is 0 Å². The van der Waals surface area contributed by atoms with E-state index in [0.717, 1.165) is 63.7 Å². The number of esters is 3. The molecular weight excluding hydrogens is 793 g/mol. The first-order valence-electron chi connectivity index (χ1n) is 28.9. The van der Waals surface area contributed by atoms with Crippen molar-refractivity contribution in [2.24, 2.45) is 5.92 Å². The van der Waals surface area contributed by atoms with Gasteiger partial charge >= 0.3 is 17.9 Å². The molecule has 6 heteroatoms. The minimum absolute atomic E-state index is 0.0625. The first-order valence-corrected chi connectivity index (χ1v) is 28.9. The Balaban J connectivity index is 4.26. The van der Waals surface area contributed by atoms with Gasteiger partial charge in [0.15, 0.2) is 6.10 Å². The third-order valence-electron chi connectivity index (χ3n) is 13.7. The molecule has 0 spiro atoms. The molecule has 0 radical (unpaired) electrons. The maximum absolute atomic E-state index is 12.8. The Labute approximate surface area is 399 Å². The Bertz CT molecular complexity index is 966. The van der Waals surface area contributed by atoms with Crippen LogP contribution >= 0.6 is 0 Å². The molecule has 0 saturated heterocycles. The molecule has 0 N–H and O–H groups in total. The Hall–Kier alpha value is -1.59. The molecule has 0 saturated carbocycles. The molecule has 0 rings (SSSR count). The molecular formula is C58H112O6. The fraction of sp³-hybridized carbons (Fsp3) is 0.948. The number of ether oxygens (including phenoxy) is 3. The molecule has 2 atom stereocenters. The minimum atomic E-state index is -0.762. The second-order valence-electron chi connectivity index (χ2n) is 20.2. The fourth-order valence-electron chi connectivity index (χ4n) is 8.89. The zero-order chi connectivity index (χ0) is 46.7. The van der Waals surface area contributed by atoms with Gasteiger partial charge in [-0.25, -0.2) is 0 Å². The summed E-state index contributed by atoms with van der Waals surface area (Å²) in [6, 6.07) is 0. The largest absolute Gasteiger partial charge is 0.462 e. The van der Waals surface area contributed by atoms with Crippen molar-refractivity contribution >= 4 is 17.9 Å². The van der Waals surface area contributed by atoms with Gasteiger partial charge in [-0.2, -0.15) is 0 Å². The molecule has 0 aromatic carbocycles. The van der Waals surface area contributed by atoms with Gasteiger partial charge in [-0.15, -0.1) is 0 Å². The molecule has 0 aromatic rings. The predicted molar refractivity (Wildman–Crippen MR) is 275 cm³/mol. The van der Waals surface area contributed by atoms with Crippen LogP contribution in [-0.2, 0) is 28.6 Å². The fourth-order valence-corrected chi connectivity index (χ4v) is 8.89. The van der Waals surface area contributed by atoms with Crippen molar-refractivity contribution in [3.8, 4) is 0 Å². The van der Waals surface area contributed by atoms with Gasteiger partial charge in [0.1, 0.15) is 13.2 Å². The van der Waals surface area contributed by atoms with Crippen LogP contribution in [0, 0.1) is 5.92 Å². The van der Waals surface area contributed by atoms with Gasteiger partial charge < -0.3 is 14.2 Å². The number of carbonyl (C=O) groups excluding carboxylic acids is 3. The van der Waals surface area contributed by atoms with Gasteiger partial charge in [0, 0.05) is 19.3 Å². The zero-order valence-electron chi connectivity index (χ0n) is 43.8. The van der Waals surface area contributed by atoms with Crippen molar-refractivity contribution in [1.82, 2.24) is 0 Å². The Morgan fingerprint density at radius 3 is 0.812 bits per heavy atom. The highest BCUT2D eigenvalue weighted by Crippen LogP contribution is 2.18. The summed E-state index contributed by atoms with van der Waals surface area (Å²) in [5, 5.41) is 0. The molecule has 0 amide bonds. The molecule has 0 fully saturated rings. The Kier molecular flexibility index (Phi) is 51.1. The van der Waals surface area contributed by atoms with Crippen molar-refractivity contribution in [2.75, 3.05) is 13.2 Å². The minimum Gasteiger partial charge on any atom is -0.462 e. The number of carbonyl (C=O) groups is 3. The van der Waals surface area contributed by atoms with Gasteiger partial charge in [-0.1, -0.05) is 291 Å². The van der Waals surface area contributed by atoms with E-state index in [0.29, 0.717) is 19.3 Å². The monoisotopic (exact) mass is 905 g/mol. The van der Waals surface area contributed by atoms with E-state index < -0.39 is 6.10 Å². The van der Waals surface area contributed by atoms with E-state index in [9.17, 15) is 14.4 Å². The molecule has 0 aliphatic rings. The van der Waals surface area contributed by atoms with Gasteiger partial charge in [0.05, 0.1) is 0 Å². The van der Waals surface area contributed by atoms with E-state index in [1.807, 2.05) is 0 Å². The predicted octanol–water partition coefficient (Wildman–Crippen LogP) is 19.0. The second kappa shape index (κ2) is 52.4. The normalized spacial score (nSPS) is 12.4. The summed E-state index contributed by atoms with van der Waals surface area (Å²) in [7, 11) is 0. The summed E-state index contributed by atoms with van der Waals surface area (Å²) in [6.45, 7) is 9.06. The topological polar surface area (TPSA) is 78.9 Å². The van der Waals surface area contributed by atoms with Crippen molar-refractivity contribution in [2.45, 2.75) is 336 Å². The summed E-state index contributed by atoms with van der Waals surface area (Å²) < 4.78 is 16.9. The standard InChI is InChI=1S/C58H112O6/c1-5-8-10-12-14-16-18-20-22-24-25-27-29-31-33-38-42-46-50-57(60)63-53-55(64-58(61)51-47-43-39-35-34-36-40-44-48-54(4)7-3)52-62-56(59)49-45-41-37-32-30-28-26-23-21-19-17-15-13-11-9-6-2/h54-55H,5-53H2,1-4H3/t54?,55-/m1/s1. The second-order valence-corrected chi connectivity index (χ2v) is 20.2. The molecule has 0 aliphatic carbocycles. The van der Waals surface area contributed by atoms with Gasteiger partial charge in [-0.3, -0.25) is 14.4 Å². The summed E-state index contributed by atoms with van der Waals surface area (Å²) in [5.41, 5.74) is 0. The van der Waals surface area contributed by atoms with Crippen molar-refractivity contribution in [1.29, 1.82) is 0 Å². The molecule has 0 aromatic heterocycles. The number of hydrogen-bond acceptors (Lipinski definition) is 6. The SMILES string of the molecule is CCCCCCCCCCCCCCCCCCCCC(=O)OC[C@@H](COC(=O)CCCCCCCCCCCCCCCCCC)OC(=O)CCCCCCCCCCC(C)CC. The first-order chi connectivity index (χ1) is 31.4. The Morgan fingerprint density at radius 1 is 0.312 bits per heavy atom. The van der Waals surface area contributed by atoms with Crippen LogP contribution in [0.5, 0.6) is 0 Å². The summed E-state index contributed by atoms with van der Waals surface area (Å²) >= 11 is 0. The first kappa shape index (κ1) is 62.4. The lowest BCUT2D eigenvalue weighted by Gasteiger charge is -2.18. The molecule has 0 bridgehead atoms. The summed E-state index contributed by atoms with van der Waals surface area (Å²) in [6.07, 6.45) is 56.6. The third-order valence-corrected chi connectivity index (χ3v) is 13.7. The lowest BCUT2D eigenvalue weighted by molar-refractivity contribution is -0.167. The van der Waals surface area contributed by atoms with Crippen LogP contribution in [0.3, 0.4) is 0 Å². The van der Waals surface area contributed by atoms with E-state index in [2.05, 4.69) is 27.7 Å². The highest BCUT2D eigenvalue weighted by Gasteiger charge is 2.19. The molecule has 380 valence electrons. The van der Waals surface area contributed by atoms with E-state index in [-0.39, 0.29) is 31.1 Å². The number of unbranched alkanes of at least 4 members (excludes halogenated alkanes) is 39. The molecule has 0 aliphatic heterocycles.